The van der Waals surface area contributed by atoms with E-state index in [9.17, 15) is 25.2 Å². The summed E-state index contributed by atoms with van der Waals surface area (Å²) in [5, 5.41) is 40.3. The number of fused-ring (bicyclic) bond motifs is 1. The maximum Gasteiger partial charge on any atom is 0.174 e. The topological polar surface area (TPSA) is 107 Å². The SMILES string of the molecule is C/C(=C\Cc1c(O)cc2c(c1O)C(=O)C[C@@H](c1ccc(O)c(O)c1)O2)CCC=C(S)S.CC. The highest BCUT2D eigenvalue weighted by Crippen LogP contribution is 2.45. The van der Waals surface area contributed by atoms with Crippen molar-refractivity contribution in [3.8, 4) is 28.7 Å². The van der Waals surface area contributed by atoms with E-state index < -0.39 is 6.10 Å². The highest BCUT2D eigenvalue weighted by molar-refractivity contribution is 8.05. The summed E-state index contributed by atoms with van der Waals surface area (Å²) in [6, 6.07) is 5.50. The van der Waals surface area contributed by atoms with Crippen LogP contribution in [-0.2, 0) is 6.42 Å². The fourth-order valence-corrected chi connectivity index (χ4v) is 3.69. The molecule has 0 aliphatic carbocycles. The highest BCUT2D eigenvalue weighted by atomic mass is 32.2. The first-order valence-electron chi connectivity index (χ1n) is 10.7. The van der Waals surface area contributed by atoms with Crippen molar-refractivity contribution in [2.24, 2.45) is 0 Å². The van der Waals surface area contributed by atoms with Crippen molar-refractivity contribution in [3.63, 3.8) is 0 Å². The Kier molecular flexibility index (Phi) is 9.61. The van der Waals surface area contributed by atoms with E-state index in [1.54, 1.807) is 6.07 Å². The molecule has 0 unspecified atom stereocenters. The Morgan fingerprint density at radius 3 is 2.39 bits per heavy atom. The third-order valence-electron chi connectivity index (χ3n) is 5.16. The van der Waals surface area contributed by atoms with E-state index in [0.717, 1.165) is 18.4 Å². The van der Waals surface area contributed by atoms with Gasteiger partial charge in [0.05, 0.1) is 6.42 Å². The fourth-order valence-electron chi connectivity index (χ4n) is 3.44. The number of carbonyl (C=O) groups excluding carboxylic acids is 1. The van der Waals surface area contributed by atoms with E-state index in [0.29, 0.717) is 9.80 Å². The zero-order chi connectivity index (χ0) is 24.7. The molecule has 1 atom stereocenters. The Morgan fingerprint density at radius 1 is 1.06 bits per heavy atom. The fraction of sp³-hybridized carbons (Fsp3) is 0.320. The third-order valence-corrected chi connectivity index (χ3v) is 5.52. The van der Waals surface area contributed by atoms with Crippen LogP contribution in [0.25, 0.3) is 0 Å². The molecule has 2 aromatic carbocycles. The van der Waals surface area contributed by atoms with E-state index in [1.807, 2.05) is 32.9 Å². The quantitative estimate of drug-likeness (QED) is 0.163. The minimum atomic E-state index is -0.713. The average Bonchev–Trinajstić information content (AvgIpc) is 2.76. The third kappa shape index (κ3) is 6.65. The predicted octanol–water partition coefficient (Wildman–Crippen LogP) is 6.21. The van der Waals surface area contributed by atoms with Crippen LogP contribution in [0.15, 0.2) is 46.2 Å². The van der Waals surface area contributed by atoms with Gasteiger partial charge in [-0.1, -0.05) is 37.6 Å². The molecule has 0 amide bonds. The number of benzene rings is 2. The number of hydrogen-bond donors (Lipinski definition) is 6. The van der Waals surface area contributed by atoms with E-state index in [-0.39, 0.29) is 58.5 Å². The number of ketones is 1. The average molecular weight is 491 g/mol. The number of thiol groups is 2. The second-order valence-electron chi connectivity index (χ2n) is 7.43. The molecule has 1 heterocycles. The molecule has 0 spiro atoms. The van der Waals surface area contributed by atoms with Gasteiger partial charge in [0.1, 0.15) is 28.9 Å². The normalized spacial score (nSPS) is 15.1. The summed E-state index contributed by atoms with van der Waals surface area (Å²) >= 11 is 8.21. The summed E-state index contributed by atoms with van der Waals surface area (Å²) in [5.74, 6) is -1.31. The van der Waals surface area contributed by atoms with E-state index in [1.165, 1.54) is 18.2 Å². The summed E-state index contributed by atoms with van der Waals surface area (Å²) in [7, 11) is 0. The number of phenolic OH excluding ortho intramolecular Hbond substituents is 4. The van der Waals surface area contributed by atoms with Crippen LogP contribution in [0, 0.1) is 0 Å². The molecule has 0 aromatic heterocycles. The molecule has 6 nitrogen and oxygen atoms in total. The molecule has 33 heavy (non-hydrogen) atoms. The second kappa shape index (κ2) is 12.0. The van der Waals surface area contributed by atoms with Gasteiger partial charge in [-0.25, -0.2) is 0 Å². The van der Waals surface area contributed by atoms with Crippen molar-refractivity contribution >= 4 is 31.0 Å². The van der Waals surface area contributed by atoms with Gasteiger partial charge in [-0.05, 0) is 43.9 Å². The molecule has 0 fully saturated rings. The van der Waals surface area contributed by atoms with E-state index >= 15 is 0 Å². The molecule has 8 heteroatoms. The first kappa shape index (κ1) is 26.5. The lowest BCUT2D eigenvalue weighted by Crippen LogP contribution is -2.21. The Bertz CT molecular complexity index is 1070. The molecule has 0 bridgehead atoms. The summed E-state index contributed by atoms with van der Waals surface area (Å²) in [6.07, 6.45) is 4.83. The van der Waals surface area contributed by atoms with Crippen molar-refractivity contribution in [2.45, 2.75) is 52.6 Å². The Labute approximate surface area is 205 Å². The summed E-state index contributed by atoms with van der Waals surface area (Å²) in [5.41, 5.74) is 1.85. The Balaban J connectivity index is 0.00000187. The molecule has 4 N–H and O–H groups in total. The molecular weight excluding hydrogens is 460 g/mol. The van der Waals surface area contributed by atoms with E-state index in [4.69, 9.17) is 4.74 Å². The number of Topliss-reactive ketones (excluding diaryl/α,β-unsaturated/α-hetero) is 1. The highest BCUT2D eigenvalue weighted by Gasteiger charge is 2.32. The van der Waals surface area contributed by atoms with Crippen molar-refractivity contribution in [3.05, 3.63) is 62.9 Å². The Hall–Kier alpha value is -2.71. The van der Waals surface area contributed by atoms with Crippen LogP contribution in [0.2, 0.25) is 0 Å². The lowest BCUT2D eigenvalue weighted by atomic mass is 9.92. The predicted molar refractivity (Wildman–Crippen MR) is 136 cm³/mol. The van der Waals surface area contributed by atoms with Crippen molar-refractivity contribution in [1.29, 1.82) is 0 Å². The van der Waals surface area contributed by atoms with Crippen LogP contribution in [0.1, 0.15) is 67.6 Å². The standard InChI is InChI=1S/C23H24O6S2.C2H6/c1-12(3-2-4-21(30)31)5-7-14-16(25)10-20-22(23(14)28)18(27)11-19(29-20)13-6-8-15(24)17(26)9-13;1-2/h4-6,8-10,19,24-26,28,30-31H,2-3,7,11H2,1H3;1-2H3/b12-5+;/t19-;/m0./s1. The lowest BCUT2D eigenvalue weighted by molar-refractivity contribution is 0.0844. The van der Waals surface area contributed by atoms with E-state index in [2.05, 4.69) is 25.3 Å². The van der Waals surface area contributed by atoms with Gasteiger partial charge in [-0.3, -0.25) is 4.79 Å². The van der Waals surface area contributed by atoms with Crippen LogP contribution in [0.5, 0.6) is 28.7 Å². The molecule has 0 radical (unpaired) electrons. The Morgan fingerprint density at radius 2 is 1.76 bits per heavy atom. The minimum absolute atomic E-state index is 0.0378. The van der Waals surface area contributed by atoms with Gasteiger partial charge in [0.25, 0.3) is 0 Å². The van der Waals surface area contributed by atoms with Crippen molar-refractivity contribution < 1.29 is 30.0 Å². The van der Waals surface area contributed by atoms with Gasteiger partial charge in [0.15, 0.2) is 17.3 Å². The van der Waals surface area contributed by atoms with Gasteiger partial charge in [0.2, 0.25) is 0 Å². The first-order chi connectivity index (χ1) is 15.7. The van der Waals surface area contributed by atoms with Gasteiger partial charge in [-0.2, -0.15) is 0 Å². The minimum Gasteiger partial charge on any atom is -0.507 e. The van der Waals surface area contributed by atoms with Crippen molar-refractivity contribution in [2.75, 3.05) is 0 Å². The number of hydrogen-bond acceptors (Lipinski definition) is 8. The number of aromatic hydroxyl groups is 4. The number of ether oxygens (including phenoxy) is 1. The second-order valence-corrected chi connectivity index (χ2v) is 8.75. The zero-order valence-corrected chi connectivity index (χ0v) is 20.7. The molecule has 1 aliphatic rings. The smallest absolute Gasteiger partial charge is 0.174 e. The molecule has 3 rings (SSSR count). The maximum atomic E-state index is 12.8. The summed E-state index contributed by atoms with van der Waals surface area (Å²) in [4.78, 5) is 12.8. The number of rotatable bonds is 6. The molecular formula is C25H30O6S2. The van der Waals surface area contributed by atoms with Crippen LogP contribution >= 0.6 is 25.3 Å². The molecule has 2 aromatic rings. The number of phenols is 4. The maximum absolute atomic E-state index is 12.8. The first-order valence-corrected chi connectivity index (χ1v) is 11.6. The van der Waals surface area contributed by atoms with Gasteiger partial charge >= 0.3 is 0 Å². The number of carbonyl (C=O) groups is 1. The molecule has 0 saturated carbocycles. The van der Waals surface area contributed by atoms with Crippen LogP contribution in [0.4, 0.5) is 0 Å². The van der Waals surface area contributed by atoms with Crippen molar-refractivity contribution in [1.82, 2.24) is 0 Å². The van der Waals surface area contributed by atoms with Gasteiger partial charge in [-0.15, -0.1) is 25.3 Å². The summed E-state index contributed by atoms with van der Waals surface area (Å²) in [6.45, 7) is 5.95. The molecule has 178 valence electrons. The largest absolute Gasteiger partial charge is 0.507 e. The molecule has 0 saturated heterocycles. The zero-order valence-electron chi connectivity index (χ0n) is 18.9. The molecule has 1 aliphatic heterocycles. The summed E-state index contributed by atoms with van der Waals surface area (Å²) < 4.78 is 6.48. The lowest BCUT2D eigenvalue weighted by Gasteiger charge is -2.27. The number of allylic oxidation sites excluding steroid dienone is 3. The monoisotopic (exact) mass is 490 g/mol. The van der Waals surface area contributed by atoms with Gasteiger partial charge in [0, 0.05) is 15.9 Å². The van der Waals surface area contributed by atoms with Crippen LogP contribution < -0.4 is 4.74 Å². The van der Waals surface area contributed by atoms with Crippen LogP contribution in [0.3, 0.4) is 0 Å². The van der Waals surface area contributed by atoms with Gasteiger partial charge < -0.3 is 25.2 Å². The van der Waals surface area contributed by atoms with Crippen LogP contribution in [-0.4, -0.2) is 26.2 Å².